The number of hydrogen-bond acceptors (Lipinski definition) is 2. The second kappa shape index (κ2) is 5.14. The molecule has 0 amide bonds. The summed E-state index contributed by atoms with van der Waals surface area (Å²) in [4.78, 5) is 0. The highest BCUT2D eigenvalue weighted by atomic mass is 35.5. The standard InChI is InChI=1S/C16H16ClNO/c17-14-5-1-2-6-16(14)18-15-7-3-4-11-10-12(19)8-9-13(11)15/h1-2,5-6,8-10,15,18-19H,3-4,7H2. The van der Waals surface area contributed by atoms with Crippen molar-refractivity contribution in [2.24, 2.45) is 0 Å². The van der Waals surface area contributed by atoms with E-state index in [0.29, 0.717) is 5.75 Å². The van der Waals surface area contributed by atoms with Crippen LogP contribution in [0.15, 0.2) is 42.5 Å². The molecule has 3 heteroatoms. The molecule has 1 aliphatic rings. The van der Waals surface area contributed by atoms with Crippen molar-refractivity contribution in [3.63, 3.8) is 0 Å². The zero-order valence-corrected chi connectivity index (χ0v) is 11.3. The third kappa shape index (κ3) is 2.54. The van der Waals surface area contributed by atoms with E-state index in [2.05, 4.69) is 5.32 Å². The molecule has 1 aliphatic carbocycles. The van der Waals surface area contributed by atoms with Crippen molar-refractivity contribution in [1.29, 1.82) is 0 Å². The van der Waals surface area contributed by atoms with Gasteiger partial charge in [-0.15, -0.1) is 0 Å². The largest absolute Gasteiger partial charge is 0.508 e. The van der Waals surface area contributed by atoms with E-state index in [0.717, 1.165) is 30.0 Å². The molecule has 0 radical (unpaired) electrons. The SMILES string of the molecule is Oc1ccc2c(c1)CCCC2Nc1ccccc1Cl. The minimum Gasteiger partial charge on any atom is -0.508 e. The van der Waals surface area contributed by atoms with Crippen molar-refractivity contribution in [1.82, 2.24) is 0 Å². The van der Waals surface area contributed by atoms with Crippen LogP contribution in [0.2, 0.25) is 5.02 Å². The molecule has 0 bridgehead atoms. The summed E-state index contributed by atoms with van der Waals surface area (Å²) in [6, 6.07) is 13.7. The third-order valence-corrected chi connectivity index (χ3v) is 3.97. The quantitative estimate of drug-likeness (QED) is 0.842. The normalized spacial score (nSPS) is 17.8. The number of nitrogens with one attached hydrogen (secondary N) is 1. The van der Waals surface area contributed by atoms with Gasteiger partial charge in [0.1, 0.15) is 5.75 Å². The molecule has 0 aromatic heterocycles. The topological polar surface area (TPSA) is 32.3 Å². The van der Waals surface area contributed by atoms with Gasteiger partial charge in [-0.05, 0) is 54.7 Å². The molecule has 1 atom stereocenters. The first-order valence-corrected chi connectivity index (χ1v) is 6.95. The van der Waals surface area contributed by atoms with E-state index in [9.17, 15) is 5.11 Å². The van der Waals surface area contributed by atoms with Gasteiger partial charge in [0.15, 0.2) is 0 Å². The van der Waals surface area contributed by atoms with E-state index in [1.807, 2.05) is 36.4 Å². The van der Waals surface area contributed by atoms with Crippen LogP contribution in [0.3, 0.4) is 0 Å². The van der Waals surface area contributed by atoms with E-state index in [-0.39, 0.29) is 6.04 Å². The Morgan fingerprint density at radius 1 is 1.16 bits per heavy atom. The second-order valence-corrected chi connectivity index (χ2v) is 5.36. The highest BCUT2D eigenvalue weighted by Gasteiger charge is 2.20. The highest BCUT2D eigenvalue weighted by molar-refractivity contribution is 6.33. The number of aromatic hydroxyl groups is 1. The Hall–Kier alpha value is -1.67. The van der Waals surface area contributed by atoms with Crippen molar-refractivity contribution in [2.75, 3.05) is 5.32 Å². The van der Waals surface area contributed by atoms with Crippen LogP contribution in [-0.4, -0.2) is 5.11 Å². The van der Waals surface area contributed by atoms with Crippen LogP contribution in [0.5, 0.6) is 5.75 Å². The predicted octanol–water partition coefficient (Wildman–Crippen LogP) is 4.54. The Balaban J connectivity index is 1.90. The number of benzene rings is 2. The average molecular weight is 274 g/mol. The summed E-state index contributed by atoms with van der Waals surface area (Å²) >= 11 is 6.19. The number of aryl methyl sites for hydroxylation is 1. The number of phenols is 1. The maximum atomic E-state index is 9.57. The summed E-state index contributed by atoms with van der Waals surface area (Å²) in [5, 5.41) is 13.8. The van der Waals surface area contributed by atoms with E-state index in [1.165, 1.54) is 11.1 Å². The van der Waals surface area contributed by atoms with Gasteiger partial charge < -0.3 is 10.4 Å². The summed E-state index contributed by atoms with van der Waals surface area (Å²) < 4.78 is 0. The van der Waals surface area contributed by atoms with Crippen molar-refractivity contribution >= 4 is 17.3 Å². The first-order chi connectivity index (χ1) is 9.24. The molecule has 0 saturated heterocycles. The minimum atomic E-state index is 0.268. The van der Waals surface area contributed by atoms with Gasteiger partial charge in [0.05, 0.1) is 16.8 Å². The fourth-order valence-electron chi connectivity index (χ4n) is 2.72. The van der Waals surface area contributed by atoms with Crippen LogP contribution in [0.4, 0.5) is 5.69 Å². The lowest BCUT2D eigenvalue weighted by Crippen LogP contribution is -2.17. The van der Waals surface area contributed by atoms with Gasteiger partial charge in [0.25, 0.3) is 0 Å². The Labute approximate surface area is 118 Å². The Bertz CT molecular complexity index is 597. The van der Waals surface area contributed by atoms with Crippen LogP contribution in [0.1, 0.15) is 30.0 Å². The van der Waals surface area contributed by atoms with E-state index in [1.54, 1.807) is 6.07 Å². The highest BCUT2D eigenvalue weighted by Crippen LogP contribution is 2.35. The molecule has 0 fully saturated rings. The maximum absolute atomic E-state index is 9.57. The van der Waals surface area contributed by atoms with Crippen LogP contribution in [-0.2, 0) is 6.42 Å². The lowest BCUT2D eigenvalue weighted by atomic mass is 9.87. The summed E-state index contributed by atoms with van der Waals surface area (Å²) in [6.45, 7) is 0. The fraction of sp³-hybridized carbons (Fsp3) is 0.250. The molecule has 2 nitrogen and oxygen atoms in total. The minimum absolute atomic E-state index is 0.268. The van der Waals surface area contributed by atoms with Gasteiger partial charge in [-0.2, -0.15) is 0 Å². The lowest BCUT2D eigenvalue weighted by Gasteiger charge is -2.27. The molecular formula is C16H16ClNO. The molecule has 0 aliphatic heterocycles. The third-order valence-electron chi connectivity index (χ3n) is 3.64. The molecular weight excluding hydrogens is 258 g/mol. The van der Waals surface area contributed by atoms with Crippen molar-refractivity contribution in [3.05, 3.63) is 58.6 Å². The van der Waals surface area contributed by atoms with Gasteiger partial charge in [0, 0.05) is 0 Å². The summed E-state index contributed by atoms with van der Waals surface area (Å²) in [6.07, 6.45) is 3.24. The van der Waals surface area contributed by atoms with Gasteiger partial charge in [-0.25, -0.2) is 0 Å². The smallest absolute Gasteiger partial charge is 0.115 e. The predicted molar refractivity (Wildman–Crippen MR) is 78.9 cm³/mol. The molecule has 2 aromatic carbocycles. The van der Waals surface area contributed by atoms with Gasteiger partial charge >= 0.3 is 0 Å². The first-order valence-electron chi connectivity index (χ1n) is 6.57. The molecule has 0 saturated carbocycles. The summed E-state index contributed by atoms with van der Waals surface area (Å²) in [5.41, 5.74) is 3.47. The molecule has 3 rings (SSSR count). The molecule has 19 heavy (non-hydrogen) atoms. The lowest BCUT2D eigenvalue weighted by molar-refractivity contribution is 0.472. The number of para-hydroxylation sites is 1. The maximum Gasteiger partial charge on any atom is 0.115 e. The van der Waals surface area contributed by atoms with Crippen LogP contribution < -0.4 is 5.32 Å². The van der Waals surface area contributed by atoms with E-state index in [4.69, 9.17) is 11.6 Å². The molecule has 0 spiro atoms. The van der Waals surface area contributed by atoms with Crippen molar-refractivity contribution < 1.29 is 5.11 Å². The van der Waals surface area contributed by atoms with E-state index >= 15 is 0 Å². The molecule has 98 valence electrons. The molecule has 2 N–H and O–H groups in total. The zero-order chi connectivity index (χ0) is 13.2. The van der Waals surface area contributed by atoms with Gasteiger partial charge in [0.2, 0.25) is 0 Å². The first kappa shape index (κ1) is 12.4. The summed E-state index contributed by atoms with van der Waals surface area (Å²) in [7, 11) is 0. The zero-order valence-electron chi connectivity index (χ0n) is 10.6. The number of hydrogen-bond donors (Lipinski definition) is 2. The number of anilines is 1. The Morgan fingerprint density at radius 2 is 2.00 bits per heavy atom. The van der Waals surface area contributed by atoms with Crippen molar-refractivity contribution in [3.8, 4) is 5.75 Å². The Kier molecular flexibility index (Phi) is 3.34. The van der Waals surface area contributed by atoms with E-state index < -0.39 is 0 Å². The molecule has 0 heterocycles. The van der Waals surface area contributed by atoms with Crippen molar-refractivity contribution in [2.45, 2.75) is 25.3 Å². The fourth-order valence-corrected chi connectivity index (χ4v) is 2.91. The number of halogens is 1. The number of phenolic OH excluding ortho intramolecular Hbond substituents is 1. The second-order valence-electron chi connectivity index (χ2n) is 4.95. The summed E-state index contributed by atoms with van der Waals surface area (Å²) in [5.74, 6) is 0.345. The van der Waals surface area contributed by atoms with Gasteiger partial charge in [-0.1, -0.05) is 29.8 Å². The average Bonchev–Trinajstić information content (AvgIpc) is 2.41. The van der Waals surface area contributed by atoms with Crippen LogP contribution in [0.25, 0.3) is 0 Å². The Morgan fingerprint density at radius 3 is 2.84 bits per heavy atom. The monoisotopic (exact) mass is 273 g/mol. The number of rotatable bonds is 2. The van der Waals surface area contributed by atoms with Gasteiger partial charge in [-0.3, -0.25) is 0 Å². The molecule has 2 aromatic rings. The van der Waals surface area contributed by atoms with Crippen LogP contribution in [0, 0.1) is 0 Å². The van der Waals surface area contributed by atoms with Crippen LogP contribution >= 0.6 is 11.6 Å². The number of fused-ring (bicyclic) bond motifs is 1. The molecule has 1 unspecified atom stereocenters.